The fraction of sp³-hybridized carbons (Fsp3) is 0.438. The van der Waals surface area contributed by atoms with E-state index < -0.39 is 21.5 Å². The molecule has 2 aromatic heterocycles. The van der Waals surface area contributed by atoms with Gasteiger partial charge in [-0.1, -0.05) is 0 Å². The number of rotatable bonds is 8. The highest BCUT2D eigenvalue weighted by molar-refractivity contribution is 9.10. The van der Waals surface area contributed by atoms with Crippen LogP contribution in [0.25, 0.3) is 0 Å². The van der Waals surface area contributed by atoms with E-state index in [1.54, 1.807) is 43.2 Å². The smallest absolute Gasteiger partial charge is 0.259 e. The Morgan fingerprint density at radius 2 is 2.15 bits per heavy atom. The number of nitrogens with one attached hydrogen (secondary N) is 2. The summed E-state index contributed by atoms with van der Waals surface area (Å²) in [5, 5.41) is 6.93. The van der Waals surface area contributed by atoms with Gasteiger partial charge in [-0.25, -0.2) is 18.1 Å². The van der Waals surface area contributed by atoms with Crippen LogP contribution in [0, 0.1) is 5.41 Å². The SMILES string of the molecule is CC(NS(=O)(=O)c1nc(NCC2(C(N)=O)CC2)ccc1Br)c1cnn(C)c1. The molecule has 1 unspecified atom stereocenters. The zero-order valence-electron chi connectivity index (χ0n) is 14.9. The number of sulfonamides is 1. The predicted octanol–water partition coefficient (Wildman–Crippen LogP) is 1.29. The third kappa shape index (κ3) is 4.30. The molecule has 146 valence electrons. The lowest BCUT2D eigenvalue weighted by atomic mass is 10.1. The van der Waals surface area contributed by atoms with Crippen LogP contribution in [-0.2, 0) is 21.9 Å². The number of aromatic nitrogens is 3. The van der Waals surface area contributed by atoms with Gasteiger partial charge in [0.05, 0.1) is 16.1 Å². The van der Waals surface area contributed by atoms with Gasteiger partial charge in [-0.15, -0.1) is 0 Å². The number of amides is 1. The number of carbonyl (C=O) groups excluding carboxylic acids is 1. The lowest BCUT2D eigenvalue weighted by Crippen LogP contribution is -2.31. The quantitative estimate of drug-likeness (QED) is 0.548. The monoisotopic (exact) mass is 456 g/mol. The van der Waals surface area contributed by atoms with E-state index in [0.717, 1.165) is 18.4 Å². The molecule has 0 radical (unpaired) electrons. The van der Waals surface area contributed by atoms with Gasteiger partial charge < -0.3 is 11.1 Å². The molecule has 1 atom stereocenters. The van der Waals surface area contributed by atoms with E-state index in [9.17, 15) is 13.2 Å². The Morgan fingerprint density at radius 3 is 2.70 bits per heavy atom. The van der Waals surface area contributed by atoms with Gasteiger partial charge in [-0.05, 0) is 47.8 Å². The standard InChI is InChI=1S/C16H21BrN6O3S/c1-10(11-7-20-23(2)8-11)22-27(25,26)14-12(17)3-4-13(21-14)19-9-16(5-6-16)15(18)24/h3-4,7-8,10,22H,5-6,9H2,1-2H3,(H2,18,24)(H,19,21). The molecule has 3 rings (SSSR count). The van der Waals surface area contributed by atoms with Crippen molar-refractivity contribution in [1.82, 2.24) is 19.5 Å². The van der Waals surface area contributed by atoms with Crippen LogP contribution < -0.4 is 15.8 Å². The first-order valence-electron chi connectivity index (χ1n) is 8.34. The van der Waals surface area contributed by atoms with Gasteiger partial charge in [0.15, 0.2) is 5.03 Å². The molecule has 1 fully saturated rings. The molecule has 1 saturated carbocycles. The molecule has 1 aliphatic rings. The number of nitrogens with zero attached hydrogens (tertiary/aromatic N) is 3. The summed E-state index contributed by atoms with van der Waals surface area (Å²) in [5.41, 5.74) is 5.60. The van der Waals surface area contributed by atoms with Crippen molar-refractivity contribution >= 4 is 37.7 Å². The largest absolute Gasteiger partial charge is 0.369 e. The Hall–Kier alpha value is -1.98. The first-order valence-corrected chi connectivity index (χ1v) is 10.6. The molecule has 9 nitrogen and oxygen atoms in total. The number of carbonyl (C=O) groups is 1. The number of hydrogen-bond acceptors (Lipinski definition) is 6. The van der Waals surface area contributed by atoms with E-state index in [0.29, 0.717) is 16.8 Å². The van der Waals surface area contributed by atoms with Crippen LogP contribution in [0.15, 0.2) is 34.0 Å². The number of halogens is 1. The number of anilines is 1. The first kappa shape index (κ1) is 19.8. The fourth-order valence-electron chi connectivity index (χ4n) is 2.65. The van der Waals surface area contributed by atoms with E-state index in [-0.39, 0.29) is 10.9 Å². The molecule has 1 aliphatic carbocycles. The Labute approximate surface area is 165 Å². The predicted molar refractivity (Wildman–Crippen MR) is 103 cm³/mol. The zero-order chi connectivity index (χ0) is 19.8. The topological polar surface area (TPSA) is 132 Å². The van der Waals surface area contributed by atoms with Gasteiger partial charge in [0.1, 0.15) is 5.82 Å². The van der Waals surface area contributed by atoms with Gasteiger partial charge in [0.25, 0.3) is 10.0 Å². The van der Waals surface area contributed by atoms with Gasteiger partial charge in [-0.3, -0.25) is 9.48 Å². The molecule has 11 heteroatoms. The summed E-state index contributed by atoms with van der Waals surface area (Å²) in [6, 6.07) is 2.77. The second kappa shape index (κ2) is 7.21. The highest BCUT2D eigenvalue weighted by Crippen LogP contribution is 2.45. The molecule has 1 amide bonds. The van der Waals surface area contributed by atoms with Crippen molar-refractivity contribution in [2.75, 3.05) is 11.9 Å². The van der Waals surface area contributed by atoms with Crippen molar-refractivity contribution in [2.45, 2.75) is 30.8 Å². The molecular weight excluding hydrogens is 436 g/mol. The zero-order valence-corrected chi connectivity index (χ0v) is 17.3. The molecule has 0 aromatic carbocycles. The molecular formula is C16H21BrN6O3S. The van der Waals surface area contributed by atoms with Crippen LogP contribution in [0.2, 0.25) is 0 Å². The van der Waals surface area contributed by atoms with Crippen molar-refractivity contribution in [1.29, 1.82) is 0 Å². The third-order valence-corrected chi connectivity index (χ3v) is 7.00. The number of primary amides is 1. The Kier molecular flexibility index (Phi) is 5.28. The summed E-state index contributed by atoms with van der Waals surface area (Å²) in [6.45, 7) is 2.06. The first-order chi connectivity index (χ1) is 12.6. The van der Waals surface area contributed by atoms with E-state index >= 15 is 0 Å². The van der Waals surface area contributed by atoms with Crippen LogP contribution in [0.4, 0.5) is 5.82 Å². The molecule has 0 aliphatic heterocycles. The molecule has 0 saturated heterocycles. The second-order valence-corrected chi connectivity index (χ2v) is 9.26. The second-order valence-electron chi connectivity index (χ2n) is 6.77. The Bertz CT molecular complexity index is 970. The lowest BCUT2D eigenvalue weighted by molar-refractivity contribution is -0.122. The summed E-state index contributed by atoms with van der Waals surface area (Å²) in [5.74, 6) is 0.00653. The third-order valence-electron chi connectivity index (χ3n) is 4.61. The fourth-order valence-corrected chi connectivity index (χ4v) is 4.77. The number of nitrogens with two attached hydrogens (primary N) is 1. The number of hydrogen-bond donors (Lipinski definition) is 3. The summed E-state index contributed by atoms with van der Waals surface area (Å²) >= 11 is 3.24. The highest BCUT2D eigenvalue weighted by atomic mass is 79.9. The average molecular weight is 457 g/mol. The minimum atomic E-state index is -3.88. The van der Waals surface area contributed by atoms with Crippen LogP contribution in [0.1, 0.15) is 31.4 Å². The van der Waals surface area contributed by atoms with Crippen molar-refractivity contribution in [3.63, 3.8) is 0 Å². The van der Waals surface area contributed by atoms with Crippen molar-refractivity contribution < 1.29 is 13.2 Å². The summed E-state index contributed by atoms with van der Waals surface area (Å²) in [7, 11) is -2.12. The van der Waals surface area contributed by atoms with Gasteiger partial charge >= 0.3 is 0 Å². The van der Waals surface area contributed by atoms with E-state index in [1.807, 2.05) is 0 Å². The summed E-state index contributed by atoms with van der Waals surface area (Å²) < 4.78 is 30.1. The molecule has 4 N–H and O–H groups in total. The maximum atomic E-state index is 12.8. The lowest BCUT2D eigenvalue weighted by Gasteiger charge is -2.16. The summed E-state index contributed by atoms with van der Waals surface area (Å²) in [4.78, 5) is 15.7. The Balaban J connectivity index is 1.77. The number of aryl methyl sites for hydroxylation is 1. The van der Waals surface area contributed by atoms with Gasteiger partial charge in [0, 0.05) is 31.4 Å². The maximum absolute atomic E-state index is 12.8. The normalized spacial score (nSPS) is 16.7. The summed E-state index contributed by atoms with van der Waals surface area (Å²) in [6.07, 6.45) is 4.79. The van der Waals surface area contributed by atoms with Crippen molar-refractivity contribution in [3.8, 4) is 0 Å². The van der Waals surface area contributed by atoms with Crippen LogP contribution >= 0.6 is 15.9 Å². The Morgan fingerprint density at radius 1 is 1.44 bits per heavy atom. The van der Waals surface area contributed by atoms with Crippen molar-refractivity contribution in [2.24, 2.45) is 18.2 Å². The molecule has 2 heterocycles. The van der Waals surface area contributed by atoms with Crippen molar-refractivity contribution in [3.05, 3.63) is 34.6 Å². The minimum Gasteiger partial charge on any atom is -0.369 e. The van der Waals surface area contributed by atoms with Crippen LogP contribution in [0.5, 0.6) is 0 Å². The molecule has 0 spiro atoms. The van der Waals surface area contributed by atoms with Crippen LogP contribution in [0.3, 0.4) is 0 Å². The average Bonchev–Trinajstić information content (AvgIpc) is 3.27. The highest BCUT2D eigenvalue weighted by Gasteiger charge is 2.48. The maximum Gasteiger partial charge on any atom is 0.259 e. The van der Waals surface area contributed by atoms with Gasteiger partial charge in [-0.2, -0.15) is 5.10 Å². The van der Waals surface area contributed by atoms with E-state index in [2.05, 4.69) is 36.1 Å². The van der Waals surface area contributed by atoms with Gasteiger partial charge in [0.2, 0.25) is 5.91 Å². The molecule has 2 aromatic rings. The molecule has 27 heavy (non-hydrogen) atoms. The minimum absolute atomic E-state index is 0.132. The van der Waals surface area contributed by atoms with Crippen LogP contribution in [-0.4, -0.2) is 35.6 Å². The molecule has 0 bridgehead atoms. The van der Waals surface area contributed by atoms with E-state index in [1.165, 1.54) is 0 Å². The number of pyridine rings is 1. The van der Waals surface area contributed by atoms with E-state index in [4.69, 9.17) is 5.73 Å².